The van der Waals surface area contributed by atoms with Gasteiger partial charge in [0.2, 0.25) is 0 Å². The summed E-state index contributed by atoms with van der Waals surface area (Å²) in [5, 5.41) is 12.1. The maximum atomic E-state index is 12.1. The zero-order valence-electron chi connectivity index (χ0n) is 24.3. The molecule has 0 saturated carbocycles. The van der Waals surface area contributed by atoms with Gasteiger partial charge in [-0.25, -0.2) is 0 Å². The normalized spacial score (nSPS) is 24.7. The number of ether oxygens (including phenoxy) is 5. The van der Waals surface area contributed by atoms with Gasteiger partial charge in [-0.1, -0.05) is 121 Å². The van der Waals surface area contributed by atoms with E-state index >= 15 is 0 Å². The number of rotatable bonds is 10. The quantitative estimate of drug-likeness (QED) is 0.230. The highest BCUT2D eigenvalue weighted by molar-refractivity contribution is 5.47. The van der Waals surface area contributed by atoms with Gasteiger partial charge in [0.15, 0.2) is 12.1 Å². The van der Waals surface area contributed by atoms with Crippen molar-refractivity contribution in [1.82, 2.24) is 0 Å². The van der Waals surface area contributed by atoms with E-state index in [2.05, 4.69) is 36.4 Å². The summed E-state index contributed by atoms with van der Waals surface area (Å²) in [4.78, 5) is 0. The molecule has 5 atom stereocenters. The van der Waals surface area contributed by atoms with E-state index in [0.717, 1.165) is 22.3 Å². The summed E-state index contributed by atoms with van der Waals surface area (Å²) >= 11 is 0. The molecule has 0 radical (unpaired) electrons. The summed E-state index contributed by atoms with van der Waals surface area (Å²) in [6.07, 6.45) is -2.52. The van der Waals surface area contributed by atoms with Crippen LogP contribution in [0.4, 0.5) is 0 Å². The Hall–Kier alpha value is -3.36. The van der Waals surface area contributed by atoms with Crippen molar-refractivity contribution in [2.45, 2.75) is 69.0 Å². The van der Waals surface area contributed by atoms with Crippen LogP contribution in [0, 0.1) is 0 Å². The average molecular weight is 567 g/mol. The summed E-state index contributed by atoms with van der Waals surface area (Å²) in [6, 6.07) is 40.3. The van der Waals surface area contributed by atoms with Gasteiger partial charge in [0.1, 0.15) is 29.5 Å². The lowest BCUT2D eigenvalue weighted by molar-refractivity contribution is -0.250. The van der Waals surface area contributed by atoms with E-state index in [0.29, 0.717) is 6.61 Å². The molecule has 2 heterocycles. The molecule has 2 aliphatic heterocycles. The van der Waals surface area contributed by atoms with Gasteiger partial charge in [-0.3, -0.25) is 0 Å². The molecule has 6 heteroatoms. The summed E-state index contributed by atoms with van der Waals surface area (Å²) in [5.74, 6) is -0.819. The summed E-state index contributed by atoms with van der Waals surface area (Å²) in [5.41, 5.74) is 1.42. The summed E-state index contributed by atoms with van der Waals surface area (Å²) in [7, 11) is 0. The van der Waals surface area contributed by atoms with Crippen LogP contribution in [0.3, 0.4) is 0 Å². The number of aliphatic hydroxyl groups is 1. The van der Waals surface area contributed by atoms with E-state index in [1.807, 2.05) is 98.8 Å². The lowest BCUT2D eigenvalue weighted by Crippen LogP contribution is -2.53. The Bertz CT molecular complexity index is 1330. The fraction of sp³-hybridized carbons (Fsp3) is 0.333. The van der Waals surface area contributed by atoms with Crippen molar-refractivity contribution in [3.8, 4) is 0 Å². The lowest BCUT2D eigenvalue weighted by atomic mass is 9.79. The van der Waals surface area contributed by atoms with Crippen molar-refractivity contribution >= 4 is 0 Å². The second kappa shape index (κ2) is 11.7. The molecular weight excluding hydrogens is 528 g/mol. The second-order valence-electron chi connectivity index (χ2n) is 11.7. The second-order valence-corrected chi connectivity index (χ2v) is 11.7. The van der Waals surface area contributed by atoms with E-state index in [9.17, 15) is 5.11 Å². The molecule has 6 rings (SSSR count). The first-order valence-corrected chi connectivity index (χ1v) is 14.5. The Morgan fingerprint density at radius 2 is 1.19 bits per heavy atom. The lowest BCUT2D eigenvalue weighted by Gasteiger charge is -2.40. The number of fused-ring (bicyclic) bond motifs is 1. The number of benzene rings is 4. The molecule has 0 bridgehead atoms. The van der Waals surface area contributed by atoms with Crippen LogP contribution in [-0.4, -0.2) is 47.7 Å². The molecule has 218 valence electrons. The molecule has 1 N–H and O–H groups in total. The maximum Gasteiger partial charge on any atom is 0.190 e. The smallest absolute Gasteiger partial charge is 0.190 e. The van der Waals surface area contributed by atoms with E-state index in [1.54, 1.807) is 6.92 Å². The zero-order valence-corrected chi connectivity index (χ0v) is 24.3. The van der Waals surface area contributed by atoms with Crippen LogP contribution in [0.25, 0.3) is 0 Å². The molecule has 0 unspecified atom stereocenters. The maximum absolute atomic E-state index is 12.1. The van der Waals surface area contributed by atoms with Crippen molar-refractivity contribution in [2.24, 2.45) is 0 Å². The first kappa shape index (κ1) is 28.7. The van der Waals surface area contributed by atoms with E-state index < -0.39 is 41.6 Å². The summed E-state index contributed by atoms with van der Waals surface area (Å²) < 4.78 is 32.1. The Morgan fingerprint density at radius 1 is 0.714 bits per heavy atom. The number of hydrogen-bond donors (Lipinski definition) is 1. The van der Waals surface area contributed by atoms with Crippen LogP contribution in [0.1, 0.15) is 43.0 Å². The molecule has 4 aromatic rings. The Morgan fingerprint density at radius 3 is 1.69 bits per heavy atom. The molecule has 2 saturated heterocycles. The van der Waals surface area contributed by atoms with Gasteiger partial charge >= 0.3 is 0 Å². The molecule has 2 fully saturated rings. The first-order valence-electron chi connectivity index (χ1n) is 14.5. The van der Waals surface area contributed by atoms with Crippen LogP contribution < -0.4 is 0 Å². The highest BCUT2D eigenvalue weighted by Crippen LogP contribution is 2.45. The Labute approximate surface area is 247 Å². The number of hydrogen-bond acceptors (Lipinski definition) is 6. The van der Waals surface area contributed by atoms with Gasteiger partial charge in [0.25, 0.3) is 0 Å². The van der Waals surface area contributed by atoms with Crippen molar-refractivity contribution in [3.05, 3.63) is 144 Å². The molecule has 42 heavy (non-hydrogen) atoms. The molecule has 6 nitrogen and oxygen atoms in total. The molecule has 0 aromatic heterocycles. The van der Waals surface area contributed by atoms with Crippen LogP contribution in [0.15, 0.2) is 121 Å². The standard InChI is InChI=1S/C36H38O6/c1-34(2)41-31-30(38-24-26-16-8-4-9-17-26)32(40-33(31)42-34)35(3,37)25-39-36(27-18-10-5-11-19-27,28-20-12-6-13-21-28)29-22-14-7-15-23-29/h4-23,30-33,37H,24-25H2,1-3H3/t30-,31-,32+,33-,35-/m1/s1. The van der Waals surface area contributed by atoms with Gasteiger partial charge in [0, 0.05) is 0 Å². The van der Waals surface area contributed by atoms with E-state index in [4.69, 9.17) is 23.7 Å². The Kier molecular flexibility index (Phi) is 8.03. The highest BCUT2D eigenvalue weighted by atomic mass is 16.8. The largest absolute Gasteiger partial charge is 0.385 e. The van der Waals surface area contributed by atoms with Gasteiger partial charge in [0.05, 0.1) is 13.2 Å². The van der Waals surface area contributed by atoms with E-state index in [1.165, 1.54) is 0 Å². The third kappa shape index (κ3) is 5.66. The van der Waals surface area contributed by atoms with Crippen LogP contribution in [0.5, 0.6) is 0 Å². The topological polar surface area (TPSA) is 66.4 Å². The molecule has 0 aliphatic carbocycles. The molecule has 2 aliphatic rings. The van der Waals surface area contributed by atoms with Crippen molar-refractivity contribution < 1.29 is 28.8 Å². The van der Waals surface area contributed by atoms with Gasteiger partial charge in [-0.05, 0) is 43.0 Å². The van der Waals surface area contributed by atoms with Gasteiger partial charge < -0.3 is 28.8 Å². The van der Waals surface area contributed by atoms with Gasteiger partial charge in [-0.2, -0.15) is 0 Å². The fourth-order valence-corrected chi connectivity index (χ4v) is 6.03. The first-order chi connectivity index (χ1) is 20.3. The van der Waals surface area contributed by atoms with Crippen molar-refractivity contribution in [3.63, 3.8) is 0 Å². The third-order valence-electron chi connectivity index (χ3n) is 8.01. The molecular formula is C36H38O6. The van der Waals surface area contributed by atoms with E-state index in [-0.39, 0.29) is 6.61 Å². The molecule has 0 spiro atoms. The SMILES string of the molecule is CC1(C)O[C@H]2O[C@H]([C@](C)(O)COC(c3ccccc3)(c3ccccc3)c3ccccc3)[C@H](OCc3ccccc3)[C@H]2O1. The Balaban J connectivity index is 1.34. The van der Waals surface area contributed by atoms with Crippen molar-refractivity contribution in [1.29, 1.82) is 0 Å². The zero-order chi connectivity index (χ0) is 29.2. The average Bonchev–Trinajstić information content (AvgIpc) is 3.50. The fourth-order valence-electron chi connectivity index (χ4n) is 6.03. The molecule has 0 amide bonds. The minimum Gasteiger partial charge on any atom is -0.385 e. The monoisotopic (exact) mass is 566 g/mol. The molecule has 4 aromatic carbocycles. The van der Waals surface area contributed by atoms with Crippen LogP contribution >= 0.6 is 0 Å². The third-order valence-corrected chi connectivity index (χ3v) is 8.01. The van der Waals surface area contributed by atoms with Crippen molar-refractivity contribution in [2.75, 3.05) is 6.61 Å². The van der Waals surface area contributed by atoms with Crippen LogP contribution in [-0.2, 0) is 35.9 Å². The van der Waals surface area contributed by atoms with Crippen LogP contribution in [0.2, 0.25) is 0 Å². The minimum absolute atomic E-state index is 0.0512. The predicted molar refractivity (Wildman–Crippen MR) is 160 cm³/mol. The minimum atomic E-state index is -1.47. The predicted octanol–water partition coefficient (Wildman–Crippen LogP) is 6.21. The highest BCUT2D eigenvalue weighted by Gasteiger charge is 2.60. The summed E-state index contributed by atoms with van der Waals surface area (Å²) in [6.45, 7) is 5.73. The van der Waals surface area contributed by atoms with Gasteiger partial charge in [-0.15, -0.1) is 0 Å².